The molecule has 3 rings (SSSR count). The van der Waals surface area contributed by atoms with Crippen LogP contribution in [-0.2, 0) is 10.2 Å². The molecule has 0 aromatic heterocycles. The molecule has 0 spiro atoms. The number of rotatable bonds is 1. The summed E-state index contributed by atoms with van der Waals surface area (Å²) in [6.45, 7) is 9.66. The Morgan fingerprint density at radius 3 is 2.33 bits per heavy atom. The van der Waals surface area contributed by atoms with Gasteiger partial charge in [0.1, 0.15) is 6.10 Å². The lowest BCUT2D eigenvalue weighted by Gasteiger charge is -2.28. The van der Waals surface area contributed by atoms with Crippen LogP contribution in [0.15, 0.2) is 29.3 Å². The Morgan fingerprint density at radius 2 is 1.71 bits per heavy atom. The van der Waals surface area contributed by atoms with Crippen molar-refractivity contribution in [3.63, 3.8) is 0 Å². The number of ether oxygens (including phenoxy) is 1. The van der Waals surface area contributed by atoms with E-state index in [1.54, 1.807) is 0 Å². The number of hydrogen-bond acceptors (Lipinski definition) is 3. The van der Waals surface area contributed by atoms with Gasteiger partial charge in [0.2, 0.25) is 0 Å². The normalized spacial score (nSPS) is 22.9. The van der Waals surface area contributed by atoms with Gasteiger partial charge in [-0.3, -0.25) is 0 Å². The second-order valence-corrected chi connectivity index (χ2v) is 7.15. The van der Waals surface area contributed by atoms with Crippen LogP contribution in [0, 0.1) is 0 Å². The van der Waals surface area contributed by atoms with Gasteiger partial charge in [0.25, 0.3) is 6.02 Å². The van der Waals surface area contributed by atoms with Gasteiger partial charge in [-0.05, 0) is 35.8 Å². The van der Waals surface area contributed by atoms with Crippen molar-refractivity contribution in [2.75, 3.05) is 19.6 Å². The Balaban J connectivity index is 1.64. The zero-order valence-corrected chi connectivity index (χ0v) is 13.4. The summed E-state index contributed by atoms with van der Waals surface area (Å²) in [6, 6.07) is 9.69. The van der Waals surface area contributed by atoms with Crippen molar-refractivity contribution in [1.82, 2.24) is 4.90 Å². The highest BCUT2D eigenvalue weighted by molar-refractivity contribution is 5.75. The third-order valence-electron chi connectivity index (χ3n) is 4.42. The molecular formula is C18H26N2O. The Hall–Kier alpha value is -1.51. The van der Waals surface area contributed by atoms with Crippen molar-refractivity contribution in [2.45, 2.75) is 51.6 Å². The average Bonchev–Trinajstić information content (AvgIpc) is 2.97. The predicted octanol–water partition coefficient (Wildman–Crippen LogP) is 3.90. The van der Waals surface area contributed by atoms with E-state index in [2.05, 4.69) is 54.9 Å². The number of aliphatic imine (C=N–C) groups is 1. The Bertz CT molecular complexity index is 507. The number of nitrogens with zero attached hydrogens (tertiary/aromatic N) is 2. The third kappa shape index (κ3) is 3.22. The van der Waals surface area contributed by atoms with Crippen molar-refractivity contribution in [1.29, 1.82) is 0 Å². The minimum absolute atomic E-state index is 0.0935. The fourth-order valence-electron chi connectivity index (χ4n) is 2.99. The van der Waals surface area contributed by atoms with E-state index in [0.29, 0.717) is 0 Å². The number of hydrogen-bond donors (Lipinski definition) is 0. The van der Waals surface area contributed by atoms with Gasteiger partial charge in [0.05, 0.1) is 6.54 Å². The SMILES string of the molecule is CC(C)(C)c1ccc(C2CN=C(N3CCCCC3)O2)cc1. The molecule has 1 unspecified atom stereocenters. The molecule has 1 saturated heterocycles. The molecule has 114 valence electrons. The van der Waals surface area contributed by atoms with Gasteiger partial charge in [-0.25, -0.2) is 4.99 Å². The molecule has 3 heteroatoms. The summed E-state index contributed by atoms with van der Waals surface area (Å²) in [5, 5.41) is 0. The zero-order chi connectivity index (χ0) is 14.9. The van der Waals surface area contributed by atoms with Crippen molar-refractivity contribution in [3.8, 4) is 0 Å². The van der Waals surface area contributed by atoms with Crippen molar-refractivity contribution in [3.05, 3.63) is 35.4 Å². The summed E-state index contributed by atoms with van der Waals surface area (Å²) in [5.74, 6) is 0. The Kier molecular flexibility index (Phi) is 3.92. The fraction of sp³-hybridized carbons (Fsp3) is 0.611. The minimum atomic E-state index is 0.0935. The van der Waals surface area contributed by atoms with E-state index in [1.807, 2.05) is 0 Å². The second-order valence-electron chi connectivity index (χ2n) is 7.15. The van der Waals surface area contributed by atoms with E-state index in [-0.39, 0.29) is 11.5 Å². The number of piperidine rings is 1. The number of amidine groups is 1. The third-order valence-corrected chi connectivity index (χ3v) is 4.42. The van der Waals surface area contributed by atoms with Crippen LogP contribution >= 0.6 is 0 Å². The van der Waals surface area contributed by atoms with Crippen molar-refractivity contribution in [2.24, 2.45) is 4.99 Å². The summed E-state index contributed by atoms with van der Waals surface area (Å²) in [7, 11) is 0. The van der Waals surface area contributed by atoms with Gasteiger partial charge in [-0.2, -0.15) is 0 Å². The molecule has 1 fully saturated rings. The van der Waals surface area contributed by atoms with Crippen molar-refractivity contribution >= 4 is 6.02 Å². The molecule has 0 amide bonds. The molecule has 3 nitrogen and oxygen atoms in total. The van der Waals surface area contributed by atoms with E-state index < -0.39 is 0 Å². The van der Waals surface area contributed by atoms with E-state index in [0.717, 1.165) is 25.7 Å². The summed E-state index contributed by atoms with van der Waals surface area (Å²) in [6.07, 6.45) is 3.94. The summed E-state index contributed by atoms with van der Waals surface area (Å²) in [5.41, 5.74) is 2.80. The van der Waals surface area contributed by atoms with Crippen LogP contribution in [0.1, 0.15) is 57.3 Å². The maximum absolute atomic E-state index is 6.09. The van der Waals surface area contributed by atoms with E-state index in [1.165, 1.54) is 30.4 Å². The standard InChI is InChI=1S/C18H26N2O/c1-18(2,3)15-9-7-14(8-10-15)16-13-19-17(21-16)20-11-5-4-6-12-20/h7-10,16H,4-6,11-13H2,1-3H3. The molecule has 0 radical (unpaired) electrons. The van der Waals surface area contributed by atoms with Gasteiger partial charge in [0, 0.05) is 13.1 Å². The van der Waals surface area contributed by atoms with E-state index >= 15 is 0 Å². The predicted molar refractivity (Wildman–Crippen MR) is 86.7 cm³/mol. The highest BCUT2D eigenvalue weighted by Crippen LogP contribution is 2.28. The van der Waals surface area contributed by atoms with Crippen LogP contribution in [0.4, 0.5) is 0 Å². The fourth-order valence-corrected chi connectivity index (χ4v) is 2.99. The van der Waals surface area contributed by atoms with Crippen molar-refractivity contribution < 1.29 is 4.74 Å². The molecule has 0 bridgehead atoms. The topological polar surface area (TPSA) is 24.8 Å². The first-order chi connectivity index (χ1) is 10.0. The molecule has 1 atom stereocenters. The molecule has 21 heavy (non-hydrogen) atoms. The lowest BCUT2D eigenvalue weighted by Crippen LogP contribution is -2.36. The van der Waals surface area contributed by atoms with Crippen LogP contribution in [0.5, 0.6) is 0 Å². The van der Waals surface area contributed by atoms with E-state index in [9.17, 15) is 0 Å². The quantitative estimate of drug-likeness (QED) is 0.782. The Morgan fingerprint density at radius 1 is 1.05 bits per heavy atom. The molecule has 1 aromatic carbocycles. The molecular weight excluding hydrogens is 260 g/mol. The maximum atomic E-state index is 6.09. The molecule has 0 N–H and O–H groups in total. The van der Waals surface area contributed by atoms with Gasteiger partial charge in [-0.15, -0.1) is 0 Å². The first kappa shape index (κ1) is 14.4. The highest BCUT2D eigenvalue weighted by atomic mass is 16.5. The monoisotopic (exact) mass is 286 g/mol. The maximum Gasteiger partial charge on any atom is 0.288 e. The smallest absolute Gasteiger partial charge is 0.288 e. The molecule has 0 aliphatic carbocycles. The van der Waals surface area contributed by atoms with Crippen LogP contribution in [0.3, 0.4) is 0 Å². The number of likely N-dealkylation sites (tertiary alicyclic amines) is 1. The van der Waals surface area contributed by atoms with Gasteiger partial charge < -0.3 is 9.64 Å². The number of benzene rings is 1. The highest BCUT2D eigenvalue weighted by Gasteiger charge is 2.26. The van der Waals surface area contributed by atoms with Crippen LogP contribution in [0.2, 0.25) is 0 Å². The lowest BCUT2D eigenvalue weighted by molar-refractivity contribution is 0.175. The Labute approximate surface area is 128 Å². The van der Waals surface area contributed by atoms with E-state index in [4.69, 9.17) is 4.74 Å². The van der Waals surface area contributed by atoms with Gasteiger partial charge in [-0.1, -0.05) is 45.0 Å². The van der Waals surface area contributed by atoms with Crippen LogP contribution in [-0.4, -0.2) is 30.6 Å². The average molecular weight is 286 g/mol. The van der Waals surface area contributed by atoms with Gasteiger partial charge >= 0.3 is 0 Å². The summed E-state index contributed by atoms with van der Waals surface area (Å²) < 4.78 is 6.09. The molecule has 2 heterocycles. The first-order valence-electron chi connectivity index (χ1n) is 8.10. The first-order valence-corrected chi connectivity index (χ1v) is 8.10. The molecule has 2 aliphatic heterocycles. The zero-order valence-electron chi connectivity index (χ0n) is 13.4. The molecule has 2 aliphatic rings. The van der Waals surface area contributed by atoms with Crippen LogP contribution in [0.25, 0.3) is 0 Å². The second kappa shape index (κ2) is 5.70. The summed E-state index contributed by atoms with van der Waals surface area (Å²) in [4.78, 5) is 6.91. The summed E-state index contributed by atoms with van der Waals surface area (Å²) >= 11 is 0. The van der Waals surface area contributed by atoms with Crippen LogP contribution < -0.4 is 0 Å². The largest absolute Gasteiger partial charge is 0.455 e. The van der Waals surface area contributed by atoms with Gasteiger partial charge in [0.15, 0.2) is 0 Å². The molecule has 1 aromatic rings. The minimum Gasteiger partial charge on any atom is -0.455 e. The molecule has 0 saturated carbocycles. The lowest BCUT2D eigenvalue weighted by atomic mass is 9.86.